The predicted octanol–water partition coefficient (Wildman–Crippen LogP) is 4.26. The minimum atomic E-state index is 0.241. The molecule has 106 valence electrons. The molecule has 1 rings (SSSR count). The molecule has 0 fully saturated rings. The molecule has 19 heavy (non-hydrogen) atoms. The van der Waals surface area contributed by atoms with E-state index >= 15 is 0 Å². The number of nitrogens with one attached hydrogen (secondary N) is 1. The summed E-state index contributed by atoms with van der Waals surface area (Å²) in [5.74, 6) is 1.52. The van der Waals surface area contributed by atoms with Gasteiger partial charge in [-0.25, -0.2) is 0 Å². The smallest absolute Gasteiger partial charge is 0.122 e. The normalized spacial score (nSPS) is 10.8. The molecular formula is C15H23ClN2O. The van der Waals surface area contributed by atoms with Gasteiger partial charge in [0.25, 0.3) is 0 Å². The molecule has 3 N–H and O–H groups in total. The van der Waals surface area contributed by atoms with E-state index < -0.39 is 0 Å². The van der Waals surface area contributed by atoms with Crippen LogP contribution in [0.5, 0.6) is 5.75 Å². The van der Waals surface area contributed by atoms with Crippen molar-refractivity contribution in [2.24, 2.45) is 5.73 Å². The molecule has 0 saturated carbocycles. The van der Waals surface area contributed by atoms with E-state index in [0.29, 0.717) is 18.9 Å². The Morgan fingerprint density at radius 2 is 2.05 bits per heavy atom. The standard InChI is InChI=1S/C15H23ClN2O/c1-10(2)12-9-14(11(3)8-13(12)16)19-7-5-4-6-15(17)18/h8-10H,4-7H2,1-3H3,(H3,17,18). The van der Waals surface area contributed by atoms with Gasteiger partial charge in [-0.2, -0.15) is 0 Å². The number of aryl methyl sites for hydroxylation is 1. The van der Waals surface area contributed by atoms with Crippen molar-refractivity contribution in [2.45, 2.75) is 46.0 Å². The van der Waals surface area contributed by atoms with Crippen molar-refractivity contribution in [1.82, 2.24) is 0 Å². The minimum Gasteiger partial charge on any atom is -0.493 e. The van der Waals surface area contributed by atoms with Crippen LogP contribution >= 0.6 is 11.6 Å². The van der Waals surface area contributed by atoms with Crippen LogP contribution in [0.25, 0.3) is 0 Å². The van der Waals surface area contributed by atoms with Gasteiger partial charge < -0.3 is 10.5 Å². The van der Waals surface area contributed by atoms with Gasteiger partial charge in [0.05, 0.1) is 12.4 Å². The van der Waals surface area contributed by atoms with Gasteiger partial charge in [-0.05, 0) is 48.9 Å². The summed E-state index contributed by atoms with van der Waals surface area (Å²) in [5, 5.41) is 7.95. The molecule has 0 radical (unpaired) electrons. The molecule has 1 aromatic rings. The van der Waals surface area contributed by atoms with Gasteiger partial charge in [0.15, 0.2) is 0 Å². The number of amidine groups is 1. The van der Waals surface area contributed by atoms with E-state index in [4.69, 9.17) is 27.5 Å². The summed E-state index contributed by atoms with van der Waals surface area (Å²) in [6, 6.07) is 4.00. The van der Waals surface area contributed by atoms with Gasteiger partial charge in [0.2, 0.25) is 0 Å². The third kappa shape index (κ3) is 5.11. The molecule has 0 aliphatic heterocycles. The van der Waals surface area contributed by atoms with Crippen molar-refractivity contribution in [3.63, 3.8) is 0 Å². The van der Waals surface area contributed by atoms with E-state index in [0.717, 1.165) is 34.7 Å². The maximum absolute atomic E-state index is 7.15. The highest BCUT2D eigenvalue weighted by atomic mass is 35.5. The zero-order valence-electron chi connectivity index (χ0n) is 11.9. The van der Waals surface area contributed by atoms with E-state index in [2.05, 4.69) is 13.8 Å². The molecule has 0 heterocycles. The molecule has 0 unspecified atom stereocenters. The van der Waals surface area contributed by atoms with Gasteiger partial charge in [0, 0.05) is 11.4 Å². The third-order valence-electron chi connectivity index (χ3n) is 3.01. The van der Waals surface area contributed by atoms with Crippen molar-refractivity contribution >= 4 is 17.4 Å². The lowest BCUT2D eigenvalue weighted by Crippen LogP contribution is -2.09. The number of halogens is 1. The number of ether oxygens (including phenoxy) is 1. The van der Waals surface area contributed by atoms with Crippen molar-refractivity contribution < 1.29 is 4.74 Å². The lowest BCUT2D eigenvalue weighted by Gasteiger charge is -2.14. The SMILES string of the molecule is Cc1cc(Cl)c(C(C)C)cc1OCCCCC(=N)N. The quantitative estimate of drug-likeness (QED) is 0.446. The number of unbranched alkanes of at least 4 members (excludes halogenated alkanes) is 1. The van der Waals surface area contributed by atoms with Crippen LogP contribution in [0.15, 0.2) is 12.1 Å². The van der Waals surface area contributed by atoms with Crippen LogP contribution in [-0.4, -0.2) is 12.4 Å². The number of nitrogens with two attached hydrogens (primary N) is 1. The Labute approximate surface area is 120 Å². The van der Waals surface area contributed by atoms with E-state index in [1.165, 1.54) is 0 Å². The van der Waals surface area contributed by atoms with Gasteiger partial charge in [-0.1, -0.05) is 25.4 Å². The highest BCUT2D eigenvalue weighted by molar-refractivity contribution is 6.31. The lowest BCUT2D eigenvalue weighted by atomic mass is 10.0. The topological polar surface area (TPSA) is 59.1 Å². The highest BCUT2D eigenvalue weighted by Gasteiger charge is 2.09. The Bertz CT molecular complexity index is 444. The van der Waals surface area contributed by atoms with Crippen LogP contribution in [0, 0.1) is 12.3 Å². The summed E-state index contributed by atoms with van der Waals surface area (Å²) in [7, 11) is 0. The number of benzene rings is 1. The fraction of sp³-hybridized carbons (Fsp3) is 0.533. The summed E-state index contributed by atoms with van der Waals surface area (Å²) in [6.45, 7) is 6.88. The molecule has 0 atom stereocenters. The van der Waals surface area contributed by atoms with Gasteiger partial charge in [-0.15, -0.1) is 0 Å². The molecule has 0 spiro atoms. The van der Waals surface area contributed by atoms with Crippen molar-refractivity contribution in [2.75, 3.05) is 6.61 Å². The second kappa shape index (κ2) is 7.39. The molecule has 0 aliphatic carbocycles. The van der Waals surface area contributed by atoms with Crippen LogP contribution in [0.4, 0.5) is 0 Å². The zero-order chi connectivity index (χ0) is 14.4. The molecule has 0 aromatic heterocycles. The van der Waals surface area contributed by atoms with E-state index in [1.807, 2.05) is 19.1 Å². The summed E-state index contributed by atoms with van der Waals surface area (Å²) >= 11 is 6.22. The molecular weight excluding hydrogens is 260 g/mol. The molecule has 1 aromatic carbocycles. The molecule has 0 aliphatic rings. The second-order valence-corrected chi connectivity index (χ2v) is 5.53. The zero-order valence-corrected chi connectivity index (χ0v) is 12.7. The van der Waals surface area contributed by atoms with E-state index in [-0.39, 0.29) is 5.84 Å². The van der Waals surface area contributed by atoms with Gasteiger partial charge in [0.1, 0.15) is 5.75 Å². The van der Waals surface area contributed by atoms with Crippen LogP contribution in [0.2, 0.25) is 5.02 Å². The summed E-state index contributed by atoms with van der Waals surface area (Å²) < 4.78 is 5.79. The predicted molar refractivity (Wildman–Crippen MR) is 81.5 cm³/mol. The Hall–Kier alpha value is -1.22. The fourth-order valence-electron chi connectivity index (χ4n) is 1.87. The Kier molecular flexibility index (Phi) is 6.16. The van der Waals surface area contributed by atoms with Gasteiger partial charge in [-0.3, -0.25) is 5.41 Å². The first kappa shape index (κ1) is 15.8. The first-order chi connectivity index (χ1) is 8.91. The lowest BCUT2D eigenvalue weighted by molar-refractivity contribution is 0.305. The first-order valence-corrected chi connectivity index (χ1v) is 7.05. The second-order valence-electron chi connectivity index (χ2n) is 5.12. The number of rotatable bonds is 7. The largest absolute Gasteiger partial charge is 0.493 e. The van der Waals surface area contributed by atoms with Crippen LogP contribution < -0.4 is 10.5 Å². The monoisotopic (exact) mass is 282 g/mol. The van der Waals surface area contributed by atoms with Gasteiger partial charge >= 0.3 is 0 Å². The average Bonchev–Trinajstić information content (AvgIpc) is 2.30. The third-order valence-corrected chi connectivity index (χ3v) is 3.34. The Morgan fingerprint density at radius 3 is 2.63 bits per heavy atom. The van der Waals surface area contributed by atoms with E-state index in [1.54, 1.807) is 0 Å². The fourth-order valence-corrected chi connectivity index (χ4v) is 2.30. The van der Waals surface area contributed by atoms with Crippen LogP contribution in [0.1, 0.15) is 50.2 Å². The van der Waals surface area contributed by atoms with Crippen molar-refractivity contribution in [3.05, 3.63) is 28.3 Å². The average molecular weight is 283 g/mol. The first-order valence-electron chi connectivity index (χ1n) is 6.67. The van der Waals surface area contributed by atoms with Crippen molar-refractivity contribution in [1.29, 1.82) is 5.41 Å². The molecule has 3 nitrogen and oxygen atoms in total. The van der Waals surface area contributed by atoms with Crippen LogP contribution in [-0.2, 0) is 0 Å². The number of hydrogen-bond donors (Lipinski definition) is 2. The summed E-state index contributed by atoms with van der Waals surface area (Å²) in [4.78, 5) is 0. The molecule has 0 saturated heterocycles. The van der Waals surface area contributed by atoms with Crippen molar-refractivity contribution in [3.8, 4) is 5.75 Å². The highest BCUT2D eigenvalue weighted by Crippen LogP contribution is 2.31. The van der Waals surface area contributed by atoms with E-state index in [9.17, 15) is 0 Å². The maximum atomic E-state index is 7.15. The maximum Gasteiger partial charge on any atom is 0.122 e. The van der Waals surface area contributed by atoms with Crippen LogP contribution in [0.3, 0.4) is 0 Å². The number of hydrogen-bond acceptors (Lipinski definition) is 2. The summed E-state index contributed by atoms with van der Waals surface area (Å²) in [6.07, 6.45) is 2.43. The molecule has 0 amide bonds. The Morgan fingerprint density at radius 1 is 1.37 bits per heavy atom. The minimum absolute atomic E-state index is 0.241. The molecule has 4 heteroatoms. The summed E-state index contributed by atoms with van der Waals surface area (Å²) in [5.41, 5.74) is 7.48. The Balaban J connectivity index is 2.58. The molecule has 0 bridgehead atoms.